The Labute approximate surface area is 135 Å². The van der Waals surface area contributed by atoms with Gasteiger partial charge in [0.25, 0.3) is 0 Å². The molecule has 0 saturated carbocycles. The molecule has 0 saturated heterocycles. The Hall–Kier alpha value is -2.59. The molecule has 3 rings (SSSR count). The Balaban J connectivity index is 1.54. The topological polar surface area (TPSA) is 65.1 Å². The van der Waals surface area contributed by atoms with Gasteiger partial charge in [0, 0.05) is 30.4 Å². The zero-order valence-electron chi connectivity index (χ0n) is 12.9. The smallest absolute Gasteiger partial charge is 0.224 e. The van der Waals surface area contributed by atoms with Crippen LogP contribution in [0.4, 0.5) is 5.69 Å². The fraction of sp³-hybridized carbons (Fsp3) is 0.211. The Bertz CT molecular complexity index is 790. The van der Waals surface area contributed by atoms with E-state index >= 15 is 0 Å². The summed E-state index contributed by atoms with van der Waals surface area (Å²) in [6.07, 6.45) is 3.72. The number of amides is 1. The Morgan fingerprint density at radius 1 is 1.00 bits per heavy atom. The third-order valence-corrected chi connectivity index (χ3v) is 3.90. The summed E-state index contributed by atoms with van der Waals surface area (Å²) in [6, 6.07) is 15.8. The van der Waals surface area contributed by atoms with E-state index in [0.29, 0.717) is 12.8 Å². The van der Waals surface area contributed by atoms with Crippen molar-refractivity contribution in [2.45, 2.75) is 19.3 Å². The lowest BCUT2D eigenvalue weighted by atomic mass is 10.1. The Morgan fingerprint density at radius 2 is 1.78 bits per heavy atom. The third-order valence-electron chi connectivity index (χ3n) is 3.90. The van der Waals surface area contributed by atoms with Crippen molar-refractivity contribution >= 4 is 22.5 Å². The number of rotatable bonds is 6. The van der Waals surface area contributed by atoms with Crippen LogP contribution < -0.4 is 5.32 Å². The number of hydrogen-bond acceptors (Lipinski definition) is 2. The average molecular weight is 308 g/mol. The molecule has 0 radical (unpaired) electrons. The van der Waals surface area contributed by atoms with Crippen LogP contribution >= 0.6 is 0 Å². The monoisotopic (exact) mass is 308 g/mol. The maximum absolute atomic E-state index is 12.1. The minimum Gasteiger partial charge on any atom is -0.396 e. The summed E-state index contributed by atoms with van der Waals surface area (Å²) >= 11 is 0. The number of aliphatic hydroxyl groups is 1. The van der Waals surface area contributed by atoms with Gasteiger partial charge in [-0.25, -0.2) is 0 Å². The van der Waals surface area contributed by atoms with Crippen molar-refractivity contribution in [3.05, 3.63) is 65.9 Å². The summed E-state index contributed by atoms with van der Waals surface area (Å²) in [4.78, 5) is 15.2. The van der Waals surface area contributed by atoms with Crippen LogP contribution in [0, 0.1) is 0 Å². The van der Waals surface area contributed by atoms with Crippen LogP contribution in [0.5, 0.6) is 0 Å². The first kappa shape index (κ1) is 15.3. The number of aromatic amines is 1. The first-order chi connectivity index (χ1) is 11.2. The summed E-state index contributed by atoms with van der Waals surface area (Å²) < 4.78 is 0. The molecule has 1 heterocycles. The number of benzene rings is 2. The molecule has 0 aliphatic heterocycles. The quantitative estimate of drug-likeness (QED) is 0.654. The molecule has 118 valence electrons. The van der Waals surface area contributed by atoms with Crippen LogP contribution in [-0.4, -0.2) is 22.6 Å². The average Bonchev–Trinajstić information content (AvgIpc) is 3.03. The van der Waals surface area contributed by atoms with Crippen LogP contribution in [0.1, 0.15) is 17.5 Å². The van der Waals surface area contributed by atoms with Gasteiger partial charge >= 0.3 is 0 Å². The van der Waals surface area contributed by atoms with Gasteiger partial charge in [-0.05, 0) is 59.7 Å². The predicted molar refractivity (Wildman–Crippen MR) is 92.5 cm³/mol. The molecule has 3 aromatic rings. The van der Waals surface area contributed by atoms with E-state index < -0.39 is 0 Å². The molecule has 0 unspecified atom stereocenters. The van der Waals surface area contributed by atoms with Gasteiger partial charge in [0.15, 0.2) is 0 Å². The van der Waals surface area contributed by atoms with Gasteiger partial charge in [-0.3, -0.25) is 4.79 Å². The van der Waals surface area contributed by atoms with E-state index in [1.807, 2.05) is 42.6 Å². The maximum atomic E-state index is 12.1. The lowest BCUT2D eigenvalue weighted by molar-refractivity contribution is -0.116. The highest BCUT2D eigenvalue weighted by molar-refractivity contribution is 5.91. The van der Waals surface area contributed by atoms with Gasteiger partial charge in [0.1, 0.15) is 0 Å². The standard InChI is InChI=1S/C19H20N2O2/c22-12-10-14-1-5-17(6-2-14)21-19(23)8-4-15-3-7-18-16(13-15)9-11-20-18/h1-3,5-7,9,11,13,20,22H,4,8,10,12H2,(H,21,23). The van der Waals surface area contributed by atoms with Crippen LogP contribution in [0.15, 0.2) is 54.7 Å². The van der Waals surface area contributed by atoms with Gasteiger partial charge in [0.05, 0.1) is 0 Å². The second-order valence-electron chi connectivity index (χ2n) is 5.62. The maximum Gasteiger partial charge on any atom is 0.224 e. The largest absolute Gasteiger partial charge is 0.396 e. The number of aliphatic hydroxyl groups excluding tert-OH is 1. The van der Waals surface area contributed by atoms with E-state index in [4.69, 9.17) is 5.11 Å². The van der Waals surface area contributed by atoms with Gasteiger partial charge < -0.3 is 15.4 Å². The molecular weight excluding hydrogens is 288 g/mol. The minimum absolute atomic E-state index is 0.00840. The number of anilines is 1. The molecular formula is C19H20N2O2. The van der Waals surface area contributed by atoms with Gasteiger partial charge in [-0.15, -0.1) is 0 Å². The molecule has 1 amide bonds. The normalized spacial score (nSPS) is 10.8. The molecule has 0 aliphatic rings. The molecule has 0 fully saturated rings. The highest BCUT2D eigenvalue weighted by Crippen LogP contribution is 2.16. The Morgan fingerprint density at radius 3 is 2.57 bits per heavy atom. The molecule has 0 atom stereocenters. The molecule has 23 heavy (non-hydrogen) atoms. The SMILES string of the molecule is O=C(CCc1ccc2[nH]ccc2c1)Nc1ccc(CCO)cc1. The van der Waals surface area contributed by atoms with Crippen LogP contribution in [-0.2, 0) is 17.6 Å². The zero-order valence-corrected chi connectivity index (χ0v) is 12.9. The molecule has 0 bridgehead atoms. The minimum atomic E-state index is 0.00840. The van der Waals surface area contributed by atoms with Crippen LogP contribution in [0.25, 0.3) is 10.9 Å². The molecule has 1 aromatic heterocycles. The van der Waals surface area contributed by atoms with Gasteiger partial charge in [-0.1, -0.05) is 18.2 Å². The van der Waals surface area contributed by atoms with E-state index in [0.717, 1.165) is 28.8 Å². The van der Waals surface area contributed by atoms with Gasteiger partial charge in [-0.2, -0.15) is 0 Å². The highest BCUT2D eigenvalue weighted by Gasteiger charge is 2.04. The number of H-pyrrole nitrogens is 1. The summed E-state index contributed by atoms with van der Waals surface area (Å²) in [5.74, 6) is 0.00840. The van der Waals surface area contributed by atoms with Crippen molar-refractivity contribution in [1.82, 2.24) is 4.98 Å². The second kappa shape index (κ2) is 7.11. The van der Waals surface area contributed by atoms with Crippen molar-refractivity contribution in [3.63, 3.8) is 0 Å². The number of aryl methyl sites for hydroxylation is 1. The third kappa shape index (κ3) is 3.99. The molecule has 3 N–H and O–H groups in total. The molecule has 0 aliphatic carbocycles. The van der Waals surface area contributed by atoms with E-state index in [2.05, 4.69) is 22.4 Å². The van der Waals surface area contributed by atoms with E-state index in [-0.39, 0.29) is 12.5 Å². The second-order valence-corrected chi connectivity index (χ2v) is 5.62. The highest BCUT2D eigenvalue weighted by atomic mass is 16.2. The fourth-order valence-corrected chi connectivity index (χ4v) is 2.62. The first-order valence-corrected chi connectivity index (χ1v) is 7.80. The summed E-state index contributed by atoms with van der Waals surface area (Å²) in [5, 5.41) is 13.0. The number of carbonyl (C=O) groups excluding carboxylic acids is 1. The van der Waals surface area contributed by atoms with E-state index in [1.165, 1.54) is 5.39 Å². The number of carbonyl (C=O) groups is 1. The van der Waals surface area contributed by atoms with E-state index in [1.54, 1.807) is 0 Å². The van der Waals surface area contributed by atoms with Crippen molar-refractivity contribution in [1.29, 1.82) is 0 Å². The van der Waals surface area contributed by atoms with Crippen molar-refractivity contribution in [2.75, 3.05) is 11.9 Å². The number of hydrogen-bond donors (Lipinski definition) is 3. The predicted octanol–water partition coefficient (Wildman–Crippen LogP) is 3.27. The number of nitrogens with one attached hydrogen (secondary N) is 2. The number of aromatic nitrogens is 1. The molecule has 4 heteroatoms. The molecule has 2 aromatic carbocycles. The summed E-state index contributed by atoms with van der Waals surface area (Å²) in [7, 11) is 0. The van der Waals surface area contributed by atoms with Gasteiger partial charge in [0.2, 0.25) is 5.91 Å². The van der Waals surface area contributed by atoms with Crippen molar-refractivity contribution in [2.24, 2.45) is 0 Å². The fourth-order valence-electron chi connectivity index (χ4n) is 2.62. The van der Waals surface area contributed by atoms with Crippen molar-refractivity contribution in [3.8, 4) is 0 Å². The number of fused-ring (bicyclic) bond motifs is 1. The molecule has 4 nitrogen and oxygen atoms in total. The summed E-state index contributed by atoms with van der Waals surface area (Å²) in [5.41, 5.74) is 4.12. The van der Waals surface area contributed by atoms with Crippen LogP contribution in [0.2, 0.25) is 0 Å². The van der Waals surface area contributed by atoms with Crippen molar-refractivity contribution < 1.29 is 9.90 Å². The zero-order chi connectivity index (χ0) is 16.1. The first-order valence-electron chi connectivity index (χ1n) is 7.80. The lowest BCUT2D eigenvalue weighted by Crippen LogP contribution is -2.12. The van der Waals surface area contributed by atoms with E-state index in [9.17, 15) is 4.79 Å². The Kier molecular flexibility index (Phi) is 4.74. The lowest BCUT2D eigenvalue weighted by Gasteiger charge is -2.07. The van der Waals surface area contributed by atoms with Crippen LogP contribution in [0.3, 0.4) is 0 Å². The summed E-state index contributed by atoms with van der Waals surface area (Å²) in [6.45, 7) is 0.136. The molecule has 0 spiro atoms.